The molecule has 5 nitrogen and oxygen atoms in total. The first kappa shape index (κ1) is 15.2. The number of anilines is 1. The van der Waals surface area contributed by atoms with E-state index in [2.05, 4.69) is 0 Å². The van der Waals surface area contributed by atoms with Crippen molar-refractivity contribution >= 4 is 15.7 Å². The monoisotopic (exact) mass is 302 g/mol. The summed E-state index contributed by atoms with van der Waals surface area (Å²) in [6.45, 7) is 0.902. The molecular formula is C13H19FN2O3S. The Morgan fingerprint density at radius 3 is 2.85 bits per heavy atom. The smallest absolute Gasteiger partial charge is 0.245 e. The number of benzene rings is 1. The van der Waals surface area contributed by atoms with E-state index in [9.17, 15) is 12.8 Å². The molecule has 1 unspecified atom stereocenters. The second-order valence-corrected chi connectivity index (χ2v) is 6.94. The van der Waals surface area contributed by atoms with Crippen LogP contribution in [0.15, 0.2) is 23.1 Å². The van der Waals surface area contributed by atoms with Crippen molar-refractivity contribution in [2.75, 3.05) is 25.9 Å². The van der Waals surface area contributed by atoms with E-state index in [0.29, 0.717) is 6.61 Å². The summed E-state index contributed by atoms with van der Waals surface area (Å²) in [5, 5.41) is 0. The maximum atomic E-state index is 13.4. The summed E-state index contributed by atoms with van der Waals surface area (Å²) in [5.41, 5.74) is 5.18. The molecule has 1 aromatic carbocycles. The van der Waals surface area contributed by atoms with Crippen LogP contribution in [0.4, 0.5) is 10.1 Å². The Labute approximate surface area is 118 Å². The number of hydrogen-bond acceptors (Lipinski definition) is 4. The van der Waals surface area contributed by atoms with Crippen molar-refractivity contribution in [1.82, 2.24) is 4.31 Å². The number of nitrogens with two attached hydrogens (primary N) is 1. The van der Waals surface area contributed by atoms with Crippen molar-refractivity contribution in [2.24, 2.45) is 0 Å². The molecule has 2 N–H and O–H groups in total. The van der Waals surface area contributed by atoms with Crippen molar-refractivity contribution in [3.8, 4) is 0 Å². The number of likely N-dealkylation sites (N-methyl/N-ethyl adjacent to an activating group) is 1. The maximum Gasteiger partial charge on any atom is 0.245 e. The van der Waals surface area contributed by atoms with Gasteiger partial charge in [-0.05, 0) is 31.4 Å². The summed E-state index contributed by atoms with van der Waals surface area (Å²) in [5.74, 6) is -0.728. The van der Waals surface area contributed by atoms with E-state index in [1.54, 1.807) is 0 Å². The number of ether oxygens (including phenoxy) is 1. The molecule has 1 atom stereocenters. The zero-order valence-corrected chi connectivity index (χ0v) is 12.2. The fraction of sp³-hybridized carbons (Fsp3) is 0.538. The van der Waals surface area contributed by atoms with Gasteiger partial charge in [-0.2, -0.15) is 4.31 Å². The van der Waals surface area contributed by atoms with Crippen LogP contribution in [0.3, 0.4) is 0 Å². The van der Waals surface area contributed by atoms with Crippen LogP contribution in [0.1, 0.15) is 19.3 Å². The van der Waals surface area contributed by atoms with Gasteiger partial charge in [-0.1, -0.05) is 6.07 Å². The average Bonchev–Trinajstić information content (AvgIpc) is 2.42. The van der Waals surface area contributed by atoms with Gasteiger partial charge < -0.3 is 10.5 Å². The fourth-order valence-corrected chi connectivity index (χ4v) is 3.57. The van der Waals surface area contributed by atoms with Crippen LogP contribution in [0.2, 0.25) is 0 Å². The van der Waals surface area contributed by atoms with Crippen LogP contribution in [-0.2, 0) is 14.8 Å². The van der Waals surface area contributed by atoms with Gasteiger partial charge in [-0.25, -0.2) is 12.8 Å². The van der Waals surface area contributed by atoms with Gasteiger partial charge in [0.25, 0.3) is 0 Å². The molecular weight excluding hydrogens is 283 g/mol. The number of rotatable bonds is 4. The van der Waals surface area contributed by atoms with E-state index in [4.69, 9.17) is 10.5 Å². The third kappa shape index (κ3) is 3.11. The summed E-state index contributed by atoms with van der Waals surface area (Å²) in [6.07, 6.45) is 2.75. The SMILES string of the molecule is CN(CC1CCCCO1)S(=O)(=O)c1cccc(F)c1N. The molecule has 1 heterocycles. The highest BCUT2D eigenvalue weighted by Gasteiger charge is 2.27. The summed E-state index contributed by atoms with van der Waals surface area (Å²) in [4.78, 5) is -0.198. The normalized spacial score (nSPS) is 20.2. The Kier molecular flexibility index (Phi) is 4.62. The standard InChI is InChI=1S/C13H19FN2O3S/c1-16(9-10-5-2-3-8-19-10)20(17,18)12-7-4-6-11(14)13(12)15/h4,6-7,10H,2-3,5,8-9,15H2,1H3. The largest absolute Gasteiger partial charge is 0.395 e. The lowest BCUT2D eigenvalue weighted by molar-refractivity contribution is 0.00859. The van der Waals surface area contributed by atoms with E-state index in [1.807, 2.05) is 0 Å². The van der Waals surface area contributed by atoms with Crippen molar-refractivity contribution in [2.45, 2.75) is 30.3 Å². The molecule has 1 aliphatic heterocycles. The van der Waals surface area contributed by atoms with Gasteiger partial charge in [-0.3, -0.25) is 0 Å². The molecule has 7 heteroatoms. The second-order valence-electron chi connectivity index (χ2n) is 4.93. The Morgan fingerprint density at radius 1 is 1.45 bits per heavy atom. The minimum absolute atomic E-state index is 0.113. The van der Waals surface area contributed by atoms with Crippen LogP contribution < -0.4 is 5.73 Å². The molecule has 20 heavy (non-hydrogen) atoms. The molecule has 0 radical (unpaired) electrons. The molecule has 0 aliphatic carbocycles. The topological polar surface area (TPSA) is 72.6 Å². The lowest BCUT2D eigenvalue weighted by Gasteiger charge is -2.27. The molecule has 1 fully saturated rings. The molecule has 1 saturated heterocycles. The Bertz CT molecular complexity index is 571. The zero-order valence-electron chi connectivity index (χ0n) is 11.4. The molecule has 0 bridgehead atoms. The van der Waals surface area contributed by atoms with E-state index in [1.165, 1.54) is 23.5 Å². The van der Waals surface area contributed by atoms with Gasteiger partial charge in [0.15, 0.2) is 0 Å². The van der Waals surface area contributed by atoms with Gasteiger partial charge in [0.05, 0.1) is 11.8 Å². The second kappa shape index (κ2) is 6.07. The Balaban J connectivity index is 2.18. The van der Waals surface area contributed by atoms with Gasteiger partial charge in [0.2, 0.25) is 10.0 Å². The number of hydrogen-bond donors (Lipinski definition) is 1. The number of sulfonamides is 1. The number of halogens is 1. The highest BCUT2D eigenvalue weighted by Crippen LogP contribution is 2.25. The predicted octanol–water partition coefficient (Wildman–Crippen LogP) is 1.60. The van der Waals surface area contributed by atoms with Gasteiger partial charge in [0, 0.05) is 20.2 Å². The summed E-state index contributed by atoms with van der Waals surface area (Å²) in [6, 6.07) is 3.79. The van der Waals surface area contributed by atoms with Crippen LogP contribution in [-0.4, -0.2) is 39.0 Å². The Hall–Kier alpha value is -1.18. The molecule has 2 rings (SSSR count). The predicted molar refractivity (Wildman–Crippen MR) is 74.2 cm³/mol. The van der Waals surface area contributed by atoms with Gasteiger partial charge in [-0.15, -0.1) is 0 Å². The lowest BCUT2D eigenvalue weighted by Crippen LogP contribution is -2.37. The van der Waals surface area contributed by atoms with Crippen LogP contribution >= 0.6 is 0 Å². The van der Waals surface area contributed by atoms with Crippen molar-refractivity contribution in [1.29, 1.82) is 0 Å². The van der Waals surface area contributed by atoms with E-state index < -0.39 is 15.8 Å². The van der Waals surface area contributed by atoms with E-state index in [0.717, 1.165) is 25.3 Å². The minimum Gasteiger partial charge on any atom is -0.395 e. The minimum atomic E-state index is -3.80. The van der Waals surface area contributed by atoms with Crippen molar-refractivity contribution in [3.63, 3.8) is 0 Å². The molecule has 1 aliphatic rings. The van der Waals surface area contributed by atoms with Gasteiger partial charge >= 0.3 is 0 Å². The highest BCUT2D eigenvalue weighted by atomic mass is 32.2. The highest BCUT2D eigenvalue weighted by molar-refractivity contribution is 7.89. The average molecular weight is 302 g/mol. The molecule has 1 aromatic rings. The first-order valence-corrected chi connectivity index (χ1v) is 7.99. The summed E-state index contributed by atoms with van der Waals surface area (Å²) >= 11 is 0. The summed E-state index contributed by atoms with van der Waals surface area (Å²) < 4.78 is 44.9. The Morgan fingerprint density at radius 2 is 2.20 bits per heavy atom. The number of para-hydroxylation sites is 1. The zero-order chi connectivity index (χ0) is 14.8. The third-order valence-corrected chi connectivity index (χ3v) is 5.32. The first-order chi connectivity index (χ1) is 9.43. The number of nitrogens with zero attached hydrogens (tertiary/aromatic N) is 1. The van der Waals surface area contributed by atoms with Crippen molar-refractivity contribution in [3.05, 3.63) is 24.0 Å². The number of nitrogen functional groups attached to an aromatic ring is 1. The van der Waals surface area contributed by atoms with Crippen molar-refractivity contribution < 1.29 is 17.5 Å². The van der Waals surface area contributed by atoms with E-state index >= 15 is 0 Å². The van der Waals surface area contributed by atoms with Gasteiger partial charge in [0.1, 0.15) is 10.7 Å². The quantitative estimate of drug-likeness (QED) is 0.857. The first-order valence-electron chi connectivity index (χ1n) is 6.55. The van der Waals surface area contributed by atoms with E-state index in [-0.39, 0.29) is 23.2 Å². The van der Waals surface area contributed by atoms with Crippen LogP contribution in [0.25, 0.3) is 0 Å². The maximum absolute atomic E-state index is 13.4. The molecule has 0 spiro atoms. The fourth-order valence-electron chi connectivity index (χ4n) is 2.25. The molecule has 0 saturated carbocycles. The van der Waals surface area contributed by atoms with Crippen LogP contribution in [0.5, 0.6) is 0 Å². The van der Waals surface area contributed by atoms with Crippen LogP contribution in [0, 0.1) is 5.82 Å². The molecule has 112 valence electrons. The summed E-state index contributed by atoms with van der Waals surface area (Å²) in [7, 11) is -2.35. The third-order valence-electron chi connectivity index (χ3n) is 3.44. The lowest BCUT2D eigenvalue weighted by atomic mass is 10.1. The molecule has 0 aromatic heterocycles. The molecule has 0 amide bonds.